The Morgan fingerprint density at radius 1 is 1.17 bits per heavy atom. The van der Waals surface area contributed by atoms with Gasteiger partial charge in [-0.25, -0.2) is 4.98 Å². The van der Waals surface area contributed by atoms with E-state index in [4.69, 9.17) is 5.73 Å². The molecule has 2 heterocycles. The summed E-state index contributed by atoms with van der Waals surface area (Å²) in [4.78, 5) is 11.9. The van der Waals surface area contributed by atoms with Crippen molar-refractivity contribution < 1.29 is 0 Å². The molecule has 0 amide bonds. The van der Waals surface area contributed by atoms with Gasteiger partial charge in [-0.15, -0.1) is 0 Å². The Morgan fingerprint density at radius 3 is 2.94 bits per heavy atom. The summed E-state index contributed by atoms with van der Waals surface area (Å²) in [5.41, 5.74) is 9.68. The highest BCUT2D eigenvalue weighted by Crippen LogP contribution is 2.15. The number of nitrogens with two attached hydrogens (primary N) is 1. The van der Waals surface area contributed by atoms with Crippen LogP contribution in [0.5, 0.6) is 0 Å². The van der Waals surface area contributed by atoms with Gasteiger partial charge in [0.05, 0.1) is 11.0 Å². The van der Waals surface area contributed by atoms with Crippen molar-refractivity contribution in [2.24, 2.45) is 0 Å². The van der Waals surface area contributed by atoms with Crippen LogP contribution in [0.4, 0.5) is 5.69 Å². The van der Waals surface area contributed by atoms with Crippen molar-refractivity contribution in [1.29, 1.82) is 0 Å². The van der Waals surface area contributed by atoms with Crippen LogP contribution in [0.2, 0.25) is 0 Å². The topological polar surface area (TPSA) is 67.6 Å². The summed E-state index contributed by atoms with van der Waals surface area (Å²) < 4.78 is 0. The summed E-state index contributed by atoms with van der Waals surface area (Å²) >= 11 is 0. The number of aromatic nitrogens is 3. The zero-order chi connectivity index (χ0) is 12.4. The Kier molecular flexibility index (Phi) is 2.68. The first-order chi connectivity index (χ1) is 8.81. The number of imidazole rings is 1. The summed E-state index contributed by atoms with van der Waals surface area (Å²) in [5, 5.41) is 0. The Morgan fingerprint density at radius 2 is 2.11 bits per heavy atom. The molecule has 0 unspecified atom stereocenters. The van der Waals surface area contributed by atoms with Crippen molar-refractivity contribution in [2.75, 3.05) is 5.73 Å². The second-order valence-electron chi connectivity index (χ2n) is 4.32. The van der Waals surface area contributed by atoms with E-state index in [-0.39, 0.29) is 0 Å². The second-order valence-corrected chi connectivity index (χ2v) is 4.32. The third kappa shape index (κ3) is 2.18. The van der Waals surface area contributed by atoms with Gasteiger partial charge < -0.3 is 10.7 Å². The van der Waals surface area contributed by atoms with Gasteiger partial charge in [-0.2, -0.15) is 0 Å². The highest BCUT2D eigenvalue weighted by atomic mass is 14.9. The zero-order valence-corrected chi connectivity index (χ0v) is 9.93. The van der Waals surface area contributed by atoms with E-state index in [1.165, 1.54) is 5.56 Å². The van der Waals surface area contributed by atoms with Crippen LogP contribution in [0, 0.1) is 0 Å². The maximum absolute atomic E-state index is 5.74. The third-order valence-corrected chi connectivity index (χ3v) is 2.93. The van der Waals surface area contributed by atoms with Crippen LogP contribution in [0.15, 0.2) is 42.7 Å². The first-order valence-electron chi connectivity index (χ1n) is 5.94. The van der Waals surface area contributed by atoms with E-state index in [2.05, 4.69) is 21.0 Å². The molecule has 0 spiro atoms. The molecule has 4 nitrogen and oxygen atoms in total. The van der Waals surface area contributed by atoms with E-state index in [0.29, 0.717) is 0 Å². The van der Waals surface area contributed by atoms with Crippen molar-refractivity contribution in [1.82, 2.24) is 15.0 Å². The van der Waals surface area contributed by atoms with Crippen LogP contribution >= 0.6 is 0 Å². The minimum Gasteiger partial charge on any atom is -0.399 e. The number of hydrogen-bond acceptors (Lipinski definition) is 3. The number of pyridine rings is 1. The predicted molar refractivity (Wildman–Crippen MR) is 72.2 cm³/mol. The Labute approximate surface area is 105 Å². The summed E-state index contributed by atoms with van der Waals surface area (Å²) in [7, 11) is 0. The molecule has 18 heavy (non-hydrogen) atoms. The van der Waals surface area contributed by atoms with Crippen LogP contribution < -0.4 is 5.73 Å². The van der Waals surface area contributed by atoms with Crippen molar-refractivity contribution in [3.8, 4) is 0 Å². The van der Waals surface area contributed by atoms with Gasteiger partial charge in [0.25, 0.3) is 0 Å². The lowest BCUT2D eigenvalue weighted by molar-refractivity contribution is 0.884. The average Bonchev–Trinajstić information content (AvgIpc) is 2.79. The first kappa shape index (κ1) is 10.8. The molecular formula is C14H14N4. The maximum Gasteiger partial charge on any atom is 0.107 e. The van der Waals surface area contributed by atoms with Crippen LogP contribution in [0.1, 0.15) is 11.4 Å². The number of hydrogen-bond donors (Lipinski definition) is 2. The molecule has 0 aliphatic heterocycles. The average molecular weight is 238 g/mol. The number of rotatable bonds is 3. The molecule has 1 aromatic carbocycles. The van der Waals surface area contributed by atoms with Crippen LogP contribution in [0.25, 0.3) is 11.0 Å². The van der Waals surface area contributed by atoms with Gasteiger partial charge in [0, 0.05) is 24.5 Å². The Bertz CT molecular complexity index is 658. The van der Waals surface area contributed by atoms with Gasteiger partial charge >= 0.3 is 0 Å². The minimum absolute atomic E-state index is 0.755. The summed E-state index contributed by atoms with van der Waals surface area (Å²) in [6.45, 7) is 0. The lowest BCUT2D eigenvalue weighted by Gasteiger charge is -1.97. The summed E-state index contributed by atoms with van der Waals surface area (Å²) in [6, 6.07) is 9.75. The number of H-pyrrole nitrogens is 1. The van der Waals surface area contributed by atoms with Crippen LogP contribution in [-0.4, -0.2) is 15.0 Å². The van der Waals surface area contributed by atoms with Gasteiger partial charge in [-0.3, -0.25) is 4.98 Å². The molecular weight excluding hydrogens is 224 g/mol. The molecule has 4 heteroatoms. The fourth-order valence-corrected chi connectivity index (χ4v) is 2.01. The second kappa shape index (κ2) is 4.49. The number of nitrogens with zero attached hydrogens (tertiary/aromatic N) is 2. The van der Waals surface area contributed by atoms with E-state index < -0.39 is 0 Å². The molecule has 0 bridgehead atoms. The highest BCUT2D eigenvalue weighted by Gasteiger charge is 2.03. The largest absolute Gasteiger partial charge is 0.399 e. The van der Waals surface area contributed by atoms with E-state index >= 15 is 0 Å². The lowest BCUT2D eigenvalue weighted by Crippen LogP contribution is -1.93. The lowest BCUT2D eigenvalue weighted by atomic mass is 10.1. The van der Waals surface area contributed by atoms with Gasteiger partial charge in [0.1, 0.15) is 5.82 Å². The number of benzene rings is 1. The summed E-state index contributed by atoms with van der Waals surface area (Å²) in [5.74, 6) is 0.986. The van der Waals surface area contributed by atoms with Crippen molar-refractivity contribution in [3.05, 3.63) is 54.1 Å². The molecule has 0 radical (unpaired) electrons. The normalized spacial score (nSPS) is 10.9. The fraction of sp³-hybridized carbons (Fsp3) is 0.143. The number of aromatic amines is 1. The molecule has 3 N–H and O–H groups in total. The fourth-order valence-electron chi connectivity index (χ4n) is 2.01. The van der Waals surface area contributed by atoms with Crippen molar-refractivity contribution in [3.63, 3.8) is 0 Å². The van der Waals surface area contributed by atoms with E-state index in [1.807, 2.05) is 30.5 Å². The molecule has 90 valence electrons. The Balaban J connectivity index is 1.79. The number of nitrogens with one attached hydrogen (secondary N) is 1. The number of aryl methyl sites for hydroxylation is 2. The number of nitrogen functional groups attached to an aromatic ring is 1. The molecule has 0 aliphatic carbocycles. The van der Waals surface area contributed by atoms with Gasteiger partial charge in [-0.1, -0.05) is 6.07 Å². The van der Waals surface area contributed by atoms with Gasteiger partial charge in [0.15, 0.2) is 0 Å². The maximum atomic E-state index is 5.74. The predicted octanol–water partition coefficient (Wildman–Crippen LogP) is 2.33. The molecule has 0 atom stereocenters. The molecule has 0 fully saturated rings. The highest BCUT2D eigenvalue weighted by molar-refractivity contribution is 5.78. The molecule has 3 aromatic rings. The summed E-state index contributed by atoms with van der Waals surface area (Å²) in [6.07, 6.45) is 5.48. The molecule has 0 aliphatic rings. The Hall–Kier alpha value is -2.36. The quantitative estimate of drug-likeness (QED) is 0.688. The molecule has 2 aromatic heterocycles. The van der Waals surface area contributed by atoms with Crippen LogP contribution in [0.3, 0.4) is 0 Å². The van der Waals surface area contributed by atoms with Crippen molar-refractivity contribution >= 4 is 16.7 Å². The molecule has 3 rings (SSSR count). The number of fused-ring (bicyclic) bond motifs is 1. The zero-order valence-electron chi connectivity index (χ0n) is 9.93. The van der Waals surface area contributed by atoms with E-state index in [0.717, 1.165) is 35.4 Å². The van der Waals surface area contributed by atoms with Gasteiger partial charge in [-0.05, 0) is 36.2 Å². The first-order valence-corrected chi connectivity index (χ1v) is 5.94. The van der Waals surface area contributed by atoms with Gasteiger partial charge in [0.2, 0.25) is 0 Å². The standard InChI is InChI=1S/C14H14N4/c15-11-4-5-12-13(8-11)18-14(17-12)6-3-10-2-1-7-16-9-10/h1-2,4-5,7-9H,3,6,15H2,(H,17,18). The SMILES string of the molecule is Nc1ccc2nc(CCc3cccnc3)[nH]c2c1. The van der Waals surface area contributed by atoms with E-state index in [9.17, 15) is 0 Å². The molecule has 0 saturated carbocycles. The van der Waals surface area contributed by atoms with Crippen molar-refractivity contribution in [2.45, 2.75) is 12.8 Å². The van der Waals surface area contributed by atoms with E-state index in [1.54, 1.807) is 6.20 Å². The minimum atomic E-state index is 0.755. The monoisotopic (exact) mass is 238 g/mol. The molecule has 0 saturated heterocycles. The number of anilines is 1. The smallest absolute Gasteiger partial charge is 0.107 e. The third-order valence-electron chi connectivity index (χ3n) is 2.93. The van der Waals surface area contributed by atoms with Crippen LogP contribution in [-0.2, 0) is 12.8 Å².